The van der Waals surface area contributed by atoms with E-state index in [2.05, 4.69) is 21.8 Å². The molecule has 0 saturated heterocycles. The van der Waals surface area contributed by atoms with Gasteiger partial charge in [0.1, 0.15) is 17.6 Å². The van der Waals surface area contributed by atoms with Gasteiger partial charge in [0.25, 0.3) is 0 Å². The third kappa shape index (κ3) is 3.04. The molecule has 3 aromatic heterocycles. The number of carbonyl (C=O) groups is 1. The number of nitrogens with zero attached hydrogens (tertiary/aromatic N) is 3. The van der Waals surface area contributed by atoms with Crippen molar-refractivity contribution < 1.29 is 4.79 Å². The molecule has 0 N–H and O–H groups in total. The van der Waals surface area contributed by atoms with Gasteiger partial charge in [-0.25, -0.2) is 4.98 Å². The Kier molecular flexibility index (Phi) is 3.82. The Hall–Kier alpha value is -3.71. The molecule has 0 aliphatic carbocycles. The van der Waals surface area contributed by atoms with Crippen LogP contribution in [0.3, 0.4) is 0 Å². The van der Waals surface area contributed by atoms with E-state index >= 15 is 0 Å². The highest BCUT2D eigenvalue weighted by molar-refractivity contribution is 5.77. The van der Waals surface area contributed by atoms with Gasteiger partial charge < -0.3 is 0 Å². The van der Waals surface area contributed by atoms with Gasteiger partial charge in [0.05, 0.1) is 6.20 Å². The summed E-state index contributed by atoms with van der Waals surface area (Å²) in [6.45, 7) is 0. The lowest BCUT2D eigenvalue weighted by molar-refractivity contribution is 0.112. The fraction of sp³-hybridized carbons (Fsp3) is 0. The smallest absolute Gasteiger partial charge is 0.150 e. The third-order valence-corrected chi connectivity index (χ3v) is 3.90. The molecule has 0 saturated carbocycles. The number of imidazole rings is 1. The first kappa shape index (κ1) is 14.9. The molecule has 118 valence electrons. The molecular formula is C21H13N3O. The minimum atomic E-state index is 0.663. The van der Waals surface area contributed by atoms with E-state index in [1.165, 1.54) is 0 Å². The van der Waals surface area contributed by atoms with Crippen molar-refractivity contribution in [1.29, 1.82) is 0 Å². The number of carbonyl (C=O) groups excluding carboxylic acids is 1. The van der Waals surface area contributed by atoms with E-state index in [4.69, 9.17) is 0 Å². The van der Waals surface area contributed by atoms with Crippen molar-refractivity contribution in [3.63, 3.8) is 0 Å². The van der Waals surface area contributed by atoms with E-state index in [0.717, 1.165) is 34.3 Å². The maximum atomic E-state index is 10.8. The first-order valence-electron chi connectivity index (χ1n) is 7.78. The molecule has 3 heterocycles. The number of hydrogen-bond acceptors (Lipinski definition) is 3. The molecule has 4 heteroatoms. The van der Waals surface area contributed by atoms with Crippen molar-refractivity contribution >= 4 is 11.9 Å². The van der Waals surface area contributed by atoms with Gasteiger partial charge in [0.2, 0.25) is 0 Å². The van der Waals surface area contributed by atoms with Crippen LogP contribution in [0, 0.1) is 11.8 Å². The summed E-state index contributed by atoms with van der Waals surface area (Å²) in [6, 6.07) is 15.2. The summed E-state index contributed by atoms with van der Waals surface area (Å²) >= 11 is 0. The van der Waals surface area contributed by atoms with Crippen molar-refractivity contribution in [2.75, 3.05) is 0 Å². The predicted molar refractivity (Wildman–Crippen MR) is 96.2 cm³/mol. The van der Waals surface area contributed by atoms with Crippen LogP contribution in [-0.2, 0) is 0 Å². The molecule has 1 aromatic carbocycles. The number of fused-ring (bicyclic) bond motifs is 1. The standard InChI is InChI=1S/C21H13N3O/c25-15-17-1-4-18(5-2-17)19-6-8-21-23-13-20(24(21)14-19)7-3-16-9-11-22-12-10-16/h1-2,4-6,8-15H. The van der Waals surface area contributed by atoms with Gasteiger partial charge in [-0.05, 0) is 41.3 Å². The van der Waals surface area contributed by atoms with Crippen LogP contribution in [0.15, 0.2) is 73.3 Å². The van der Waals surface area contributed by atoms with Crippen molar-refractivity contribution in [2.24, 2.45) is 0 Å². The molecule has 0 atom stereocenters. The Morgan fingerprint density at radius 3 is 2.40 bits per heavy atom. The number of rotatable bonds is 2. The maximum absolute atomic E-state index is 10.8. The van der Waals surface area contributed by atoms with Crippen molar-refractivity contribution in [1.82, 2.24) is 14.4 Å². The summed E-state index contributed by atoms with van der Waals surface area (Å²) in [4.78, 5) is 19.2. The summed E-state index contributed by atoms with van der Waals surface area (Å²) < 4.78 is 1.97. The molecule has 4 nitrogen and oxygen atoms in total. The second kappa shape index (κ2) is 6.42. The zero-order valence-corrected chi connectivity index (χ0v) is 13.3. The molecule has 0 bridgehead atoms. The van der Waals surface area contributed by atoms with Crippen LogP contribution in [0.5, 0.6) is 0 Å². The topological polar surface area (TPSA) is 47.3 Å². The van der Waals surface area contributed by atoms with Crippen LogP contribution in [0.1, 0.15) is 21.6 Å². The van der Waals surface area contributed by atoms with Gasteiger partial charge in [-0.1, -0.05) is 30.2 Å². The Balaban J connectivity index is 1.75. The van der Waals surface area contributed by atoms with E-state index in [9.17, 15) is 4.79 Å². The number of hydrogen-bond donors (Lipinski definition) is 0. The zero-order chi connectivity index (χ0) is 17.1. The van der Waals surface area contributed by atoms with E-state index in [-0.39, 0.29) is 0 Å². The Morgan fingerprint density at radius 1 is 0.880 bits per heavy atom. The lowest BCUT2D eigenvalue weighted by Gasteiger charge is -2.04. The van der Waals surface area contributed by atoms with Crippen LogP contribution in [-0.4, -0.2) is 20.7 Å². The predicted octanol–water partition coefficient (Wildman–Crippen LogP) is 3.61. The quantitative estimate of drug-likeness (QED) is 0.418. The van der Waals surface area contributed by atoms with Crippen LogP contribution in [0.4, 0.5) is 0 Å². The lowest BCUT2D eigenvalue weighted by Crippen LogP contribution is -1.90. The number of pyridine rings is 2. The van der Waals surface area contributed by atoms with E-state index in [0.29, 0.717) is 5.56 Å². The van der Waals surface area contributed by atoms with E-state index < -0.39 is 0 Å². The fourth-order valence-electron chi connectivity index (χ4n) is 2.57. The SMILES string of the molecule is O=Cc1ccc(-c2ccc3ncc(C#Cc4ccncc4)n3c2)cc1. The minimum absolute atomic E-state index is 0.663. The molecule has 0 radical (unpaired) electrons. The summed E-state index contributed by atoms with van der Waals surface area (Å²) in [5.74, 6) is 6.28. The largest absolute Gasteiger partial charge is 0.298 e. The molecule has 4 rings (SSSR count). The molecule has 0 aliphatic rings. The number of aromatic nitrogens is 3. The Morgan fingerprint density at radius 2 is 1.64 bits per heavy atom. The summed E-state index contributed by atoms with van der Waals surface area (Å²) in [5, 5.41) is 0. The second-order valence-electron chi connectivity index (χ2n) is 5.52. The number of aldehydes is 1. The normalized spacial score (nSPS) is 10.2. The lowest BCUT2D eigenvalue weighted by atomic mass is 10.1. The van der Waals surface area contributed by atoms with E-state index in [1.54, 1.807) is 18.6 Å². The third-order valence-electron chi connectivity index (χ3n) is 3.90. The first-order valence-corrected chi connectivity index (χ1v) is 7.78. The highest BCUT2D eigenvalue weighted by atomic mass is 16.1. The Labute approximate surface area is 144 Å². The van der Waals surface area contributed by atoms with Crippen molar-refractivity contribution in [3.05, 3.63) is 90.1 Å². The minimum Gasteiger partial charge on any atom is -0.298 e. The molecule has 4 aromatic rings. The highest BCUT2D eigenvalue weighted by Crippen LogP contribution is 2.21. The summed E-state index contributed by atoms with van der Waals surface area (Å²) in [6.07, 6.45) is 8.06. The van der Waals surface area contributed by atoms with Gasteiger partial charge in [-0.2, -0.15) is 0 Å². The van der Waals surface area contributed by atoms with Crippen molar-refractivity contribution in [2.45, 2.75) is 0 Å². The number of benzene rings is 1. The van der Waals surface area contributed by atoms with Crippen LogP contribution < -0.4 is 0 Å². The van der Waals surface area contributed by atoms with Gasteiger partial charge in [0, 0.05) is 29.7 Å². The van der Waals surface area contributed by atoms with Crippen LogP contribution >= 0.6 is 0 Å². The van der Waals surface area contributed by atoms with Crippen LogP contribution in [0.25, 0.3) is 16.8 Å². The fourth-order valence-corrected chi connectivity index (χ4v) is 2.57. The summed E-state index contributed by atoms with van der Waals surface area (Å²) in [7, 11) is 0. The van der Waals surface area contributed by atoms with Gasteiger partial charge in [0.15, 0.2) is 0 Å². The highest BCUT2D eigenvalue weighted by Gasteiger charge is 2.04. The molecule has 0 fully saturated rings. The average Bonchev–Trinajstić information content (AvgIpc) is 3.09. The maximum Gasteiger partial charge on any atom is 0.150 e. The molecule has 25 heavy (non-hydrogen) atoms. The first-order chi connectivity index (χ1) is 12.3. The average molecular weight is 323 g/mol. The van der Waals surface area contributed by atoms with Gasteiger partial charge >= 0.3 is 0 Å². The van der Waals surface area contributed by atoms with Crippen molar-refractivity contribution in [3.8, 4) is 23.0 Å². The Bertz CT molecular complexity index is 1100. The van der Waals surface area contributed by atoms with Gasteiger partial charge in [-0.15, -0.1) is 0 Å². The monoisotopic (exact) mass is 323 g/mol. The zero-order valence-electron chi connectivity index (χ0n) is 13.3. The molecule has 0 unspecified atom stereocenters. The summed E-state index contributed by atoms with van der Waals surface area (Å²) in [5.41, 5.74) is 5.30. The molecule has 0 amide bonds. The van der Waals surface area contributed by atoms with E-state index in [1.807, 2.05) is 59.1 Å². The van der Waals surface area contributed by atoms with Crippen LogP contribution in [0.2, 0.25) is 0 Å². The van der Waals surface area contributed by atoms with Gasteiger partial charge in [-0.3, -0.25) is 14.2 Å². The second-order valence-corrected chi connectivity index (χ2v) is 5.52. The molecule has 0 spiro atoms. The molecule has 0 aliphatic heterocycles. The molecular weight excluding hydrogens is 310 g/mol.